The minimum Gasteiger partial charge on any atom is -0.598 e. The van der Waals surface area contributed by atoms with Crippen LogP contribution in [0.3, 0.4) is 0 Å². The molecule has 0 amide bonds. The van der Waals surface area contributed by atoms with Gasteiger partial charge in [-0.25, -0.2) is 9.67 Å². The number of nitrogens with one attached hydrogen (secondary N) is 1. The maximum Gasteiger partial charge on any atom is 0.154 e. The third kappa shape index (κ3) is 5.09. The number of hydrogen-bond acceptors (Lipinski definition) is 6. The minimum atomic E-state index is -1.19. The zero-order valence-electron chi connectivity index (χ0n) is 19.5. The largest absolute Gasteiger partial charge is 0.598 e. The summed E-state index contributed by atoms with van der Waals surface area (Å²) >= 11 is -1.19. The first-order valence-corrected chi connectivity index (χ1v) is 12.1. The Balaban J connectivity index is 1.68. The van der Waals surface area contributed by atoms with Gasteiger partial charge in [-0.05, 0) is 65.0 Å². The van der Waals surface area contributed by atoms with Crippen LogP contribution in [0, 0.1) is 0 Å². The van der Waals surface area contributed by atoms with E-state index in [1.807, 2.05) is 76.2 Å². The van der Waals surface area contributed by atoms with E-state index in [2.05, 4.69) is 14.8 Å². The maximum absolute atomic E-state index is 12.5. The van der Waals surface area contributed by atoms with Crippen LogP contribution < -0.4 is 4.72 Å². The monoisotopic (exact) mass is 463 g/mol. The van der Waals surface area contributed by atoms with Gasteiger partial charge in [-0.2, -0.15) is 5.10 Å². The Morgan fingerprint density at radius 2 is 1.73 bits per heavy atom. The fraction of sp³-hybridized carbons (Fsp3) is 0.320. The zero-order chi connectivity index (χ0) is 23.8. The molecule has 3 atom stereocenters. The lowest BCUT2D eigenvalue weighted by Gasteiger charge is -2.26. The minimum absolute atomic E-state index is 0.160. The van der Waals surface area contributed by atoms with Crippen molar-refractivity contribution < 1.29 is 9.66 Å². The fourth-order valence-corrected chi connectivity index (χ4v) is 4.20. The molecule has 0 aliphatic heterocycles. The number of benzene rings is 1. The van der Waals surface area contributed by atoms with Gasteiger partial charge in [0.2, 0.25) is 0 Å². The number of pyridine rings is 2. The summed E-state index contributed by atoms with van der Waals surface area (Å²) in [6.45, 7) is 9.48. The number of hydrogen-bond donors (Lipinski definition) is 2. The fourth-order valence-electron chi connectivity index (χ4n) is 3.40. The van der Waals surface area contributed by atoms with E-state index in [1.165, 1.54) is 0 Å². The Kier molecular flexibility index (Phi) is 6.54. The third-order valence-corrected chi connectivity index (χ3v) is 7.00. The quantitative estimate of drug-likeness (QED) is 0.404. The molecule has 0 spiro atoms. The molecule has 0 radical (unpaired) electrons. The van der Waals surface area contributed by atoms with Gasteiger partial charge >= 0.3 is 0 Å². The van der Waals surface area contributed by atoms with Gasteiger partial charge in [0, 0.05) is 22.3 Å². The predicted octanol–water partition coefficient (Wildman–Crippen LogP) is 4.65. The molecule has 1 aromatic carbocycles. The van der Waals surface area contributed by atoms with Crippen molar-refractivity contribution in [3.63, 3.8) is 0 Å². The average Bonchev–Trinajstić information content (AvgIpc) is 3.22. The average molecular weight is 464 g/mol. The van der Waals surface area contributed by atoms with Crippen molar-refractivity contribution in [2.45, 2.75) is 51.5 Å². The highest BCUT2D eigenvalue weighted by Gasteiger charge is 2.28. The van der Waals surface area contributed by atoms with E-state index in [9.17, 15) is 9.66 Å². The summed E-state index contributed by atoms with van der Waals surface area (Å²) in [4.78, 5) is 9.38. The molecule has 33 heavy (non-hydrogen) atoms. The molecular formula is C25H29N5O2S. The van der Waals surface area contributed by atoms with Gasteiger partial charge in [-0.3, -0.25) is 4.98 Å². The van der Waals surface area contributed by atoms with Crippen LogP contribution in [0.2, 0.25) is 0 Å². The van der Waals surface area contributed by atoms with E-state index in [4.69, 9.17) is 4.98 Å². The number of aliphatic hydroxyl groups excluding tert-OH is 1. The summed E-state index contributed by atoms with van der Waals surface area (Å²) in [5, 5.41) is 15.4. The molecule has 3 aromatic heterocycles. The van der Waals surface area contributed by atoms with Crippen LogP contribution in [-0.2, 0) is 11.4 Å². The van der Waals surface area contributed by atoms with Crippen molar-refractivity contribution in [1.29, 1.82) is 0 Å². The maximum atomic E-state index is 12.5. The molecule has 3 heterocycles. The van der Waals surface area contributed by atoms with Crippen molar-refractivity contribution in [3.05, 3.63) is 72.2 Å². The highest BCUT2D eigenvalue weighted by atomic mass is 32.2. The van der Waals surface area contributed by atoms with E-state index in [0.717, 1.165) is 27.9 Å². The van der Waals surface area contributed by atoms with Gasteiger partial charge < -0.3 is 9.66 Å². The van der Waals surface area contributed by atoms with Gasteiger partial charge in [0.05, 0.1) is 40.9 Å². The first-order valence-electron chi connectivity index (χ1n) is 10.9. The Hall–Kier alpha value is -2.78. The molecule has 0 aliphatic carbocycles. The van der Waals surface area contributed by atoms with Gasteiger partial charge in [0.1, 0.15) is 4.75 Å². The molecule has 2 N–H and O–H groups in total. The Labute approximate surface area is 197 Å². The van der Waals surface area contributed by atoms with Crippen LogP contribution in [0.15, 0.2) is 60.8 Å². The van der Waals surface area contributed by atoms with Crippen molar-refractivity contribution >= 4 is 22.3 Å². The summed E-state index contributed by atoms with van der Waals surface area (Å²) in [5.41, 5.74) is 4.08. The lowest BCUT2D eigenvalue weighted by molar-refractivity contribution is 0.194. The number of rotatable bonds is 6. The Bertz CT molecular complexity index is 1270. The van der Waals surface area contributed by atoms with E-state index in [1.54, 1.807) is 23.9 Å². The van der Waals surface area contributed by atoms with Crippen LogP contribution in [-0.4, -0.2) is 34.2 Å². The molecule has 2 unspecified atom stereocenters. The molecule has 0 fully saturated rings. The number of aliphatic hydroxyl groups is 1. The Morgan fingerprint density at radius 1 is 1.00 bits per heavy atom. The van der Waals surface area contributed by atoms with Gasteiger partial charge in [0.25, 0.3) is 0 Å². The van der Waals surface area contributed by atoms with Crippen LogP contribution >= 0.6 is 0 Å². The van der Waals surface area contributed by atoms with E-state index in [-0.39, 0.29) is 10.8 Å². The van der Waals surface area contributed by atoms with E-state index in [0.29, 0.717) is 11.5 Å². The van der Waals surface area contributed by atoms with Crippen LogP contribution in [0.5, 0.6) is 0 Å². The molecule has 0 saturated carbocycles. The second-order valence-electron chi connectivity index (χ2n) is 9.09. The smallest absolute Gasteiger partial charge is 0.154 e. The molecular weight excluding hydrogens is 434 g/mol. The summed E-state index contributed by atoms with van der Waals surface area (Å²) in [6, 6.07) is 17.3. The second kappa shape index (κ2) is 9.23. The highest BCUT2D eigenvalue weighted by molar-refractivity contribution is 7.90. The summed E-state index contributed by atoms with van der Waals surface area (Å²) in [5.74, 6) is 0.643. The van der Waals surface area contributed by atoms with E-state index >= 15 is 0 Å². The standard InChI is InChI=1S/C25H29N5O2S/c1-16(29-33(32)25(3,4)5)20-8-6-10-22(27-20)18-12-13-19-15-26-30(23(19)14-18)24-11-7-9-21(28-24)17(2)31/h6-17,29,31H,1-5H3/t16-,17?,33?/m0/s1. The van der Waals surface area contributed by atoms with Gasteiger partial charge in [-0.1, -0.05) is 24.3 Å². The third-order valence-electron chi connectivity index (χ3n) is 5.32. The second-order valence-corrected chi connectivity index (χ2v) is 11.1. The lowest BCUT2D eigenvalue weighted by Crippen LogP contribution is -2.40. The molecule has 4 aromatic rings. The number of nitrogens with zero attached hydrogens (tertiary/aromatic N) is 4. The molecule has 172 valence electrons. The molecule has 0 aliphatic rings. The zero-order valence-corrected chi connectivity index (χ0v) is 20.3. The number of aromatic nitrogens is 4. The summed E-state index contributed by atoms with van der Waals surface area (Å²) in [7, 11) is 0. The summed E-state index contributed by atoms with van der Waals surface area (Å²) < 4.78 is 17.1. The van der Waals surface area contributed by atoms with Crippen molar-refractivity contribution in [3.8, 4) is 17.1 Å². The van der Waals surface area contributed by atoms with Crippen LogP contribution in [0.25, 0.3) is 28.0 Å². The SMILES string of the molecule is CC(O)c1cccc(-n2ncc3ccc(-c4cccc([C@H](C)N[S+]([O-])C(C)(C)C)n4)cc32)n1. The molecule has 0 saturated heterocycles. The molecule has 0 bridgehead atoms. The predicted molar refractivity (Wildman–Crippen MR) is 132 cm³/mol. The molecule has 8 heteroatoms. The lowest BCUT2D eigenvalue weighted by atomic mass is 10.1. The van der Waals surface area contributed by atoms with Gasteiger partial charge in [0.15, 0.2) is 5.82 Å². The molecule has 4 rings (SSSR count). The highest BCUT2D eigenvalue weighted by Crippen LogP contribution is 2.26. The topological polar surface area (TPSA) is 98.9 Å². The van der Waals surface area contributed by atoms with Gasteiger partial charge in [-0.15, -0.1) is 4.72 Å². The summed E-state index contributed by atoms with van der Waals surface area (Å²) in [6.07, 6.45) is 1.14. The first-order chi connectivity index (χ1) is 15.6. The first kappa shape index (κ1) is 23.4. The normalized spacial score (nSPS) is 14.9. The van der Waals surface area contributed by atoms with Crippen molar-refractivity contribution in [2.24, 2.45) is 0 Å². The van der Waals surface area contributed by atoms with Crippen molar-refractivity contribution in [2.75, 3.05) is 0 Å². The number of fused-ring (bicyclic) bond motifs is 1. The molecule has 7 nitrogen and oxygen atoms in total. The Morgan fingerprint density at radius 3 is 2.45 bits per heavy atom. The van der Waals surface area contributed by atoms with Crippen LogP contribution in [0.1, 0.15) is 58.2 Å². The van der Waals surface area contributed by atoms with E-state index < -0.39 is 17.5 Å². The van der Waals surface area contributed by atoms with Crippen LogP contribution in [0.4, 0.5) is 0 Å². The van der Waals surface area contributed by atoms with Crippen molar-refractivity contribution in [1.82, 2.24) is 24.5 Å².